The second-order valence-corrected chi connectivity index (χ2v) is 9.97. The molecule has 1 aromatic carbocycles. The summed E-state index contributed by atoms with van der Waals surface area (Å²) in [6.07, 6.45) is -7.20. The highest BCUT2D eigenvalue weighted by Gasteiger charge is 2.31. The number of benzene rings is 1. The zero-order valence-electron chi connectivity index (χ0n) is 18.7. The molecule has 3 aromatic heterocycles. The lowest BCUT2D eigenvalue weighted by Gasteiger charge is -2.12. The molecule has 4 rings (SSSR count). The first-order valence-corrected chi connectivity index (χ1v) is 12.1. The number of rotatable bonds is 6. The van der Waals surface area contributed by atoms with Gasteiger partial charge in [0, 0.05) is 11.8 Å². The summed E-state index contributed by atoms with van der Waals surface area (Å²) in [6, 6.07) is 7.61. The van der Waals surface area contributed by atoms with Gasteiger partial charge >= 0.3 is 18.0 Å². The molecule has 196 valence electrons. The van der Waals surface area contributed by atoms with E-state index in [0.717, 1.165) is 47.1 Å². The topological polar surface area (TPSA) is 95.6 Å². The maximum Gasteiger partial charge on any atom is 0.422 e. The fraction of sp³-hybridized carbons (Fsp3) is 0.227. The van der Waals surface area contributed by atoms with Crippen LogP contribution in [0.5, 0.6) is 5.75 Å². The van der Waals surface area contributed by atoms with Crippen molar-refractivity contribution >= 4 is 15.5 Å². The summed E-state index contributed by atoms with van der Waals surface area (Å²) in [7, 11) is -4.08. The zero-order valence-corrected chi connectivity index (χ0v) is 19.5. The Morgan fingerprint density at radius 2 is 1.73 bits per heavy atom. The van der Waals surface area contributed by atoms with Crippen molar-refractivity contribution in [1.29, 1.82) is 0 Å². The van der Waals surface area contributed by atoms with Crippen LogP contribution in [0.25, 0.3) is 22.6 Å². The van der Waals surface area contributed by atoms with Crippen molar-refractivity contribution in [1.82, 2.24) is 19.2 Å². The van der Waals surface area contributed by atoms with Crippen LogP contribution in [0, 0.1) is 0 Å². The minimum absolute atomic E-state index is 0.0373. The quantitative estimate of drug-likeness (QED) is 0.335. The Morgan fingerprint density at radius 1 is 1.00 bits per heavy atom. The van der Waals surface area contributed by atoms with Gasteiger partial charge in [-0.3, -0.25) is 0 Å². The summed E-state index contributed by atoms with van der Waals surface area (Å²) in [5.41, 5.74) is -1.88. The monoisotopic (exact) mass is 546 g/mol. The van der Waals surface area contributed by atoms with Gasteiger partial charge in [0.05, 0.1) is 17.5 Å². The van der Waals surface area contributed by atoms with Gasteiger partial charge in [0.2, 0.25) is 0 Å². The molecular formula is C22H16F6N4O4S. The third-order valence-electron chi connectivity index (χ3n) is 5.16. The van der Waals surface area contributed by atoms with E-state index in [9.17, 15) is 39.6 Å². The van der Waals surface area contributed by atoms with Crippen LogP contribution in [0.3, 0.4) is 0 Å². The van der Waals surface area contributed by atoms with Crippen LogP contribution >= 0.6 is 0 Å². The van der Waals surface area contributed by atoms with E-state index in [4.69, 9.17) is 0 Å². The van der Waals surface area contributed by atoms with Crippen LogP contribution in [0.1, 0.15) is 12.5 Å². The summed E-state index contributed by atoms with van der Waals surface area (Å²) in [5, 5.41) is 4.00. The molecule has 8 nitrogen and oxygen atoms in total. The maximum absolute atomic E-state index is 13.1. The third-order valence-corrected chi connectivity index (χ3v) is 6.89. The second-order valence-electron chi connectivity index (χ2n) is 7.72. The Balaban J connectivity index is 1.85. The Labute approximate surface area is 204 Å². The lowest BCUT2D eigenvalue weighted by molar-refractivity contribution is -0.153. The van der Waals surface area contributed by atoms with Crippen molar-refractivity contribution in [3.05, 3.63) is 70.9 Å². The normalized spacial score (nSPS) is 12.7. The molecular weight excluding hydrogens is 530 g/mol. The standard InChI is InChI=1S/C22H16F6N4O4S/c1-2-37(34,35)17-9-14(13-4-3-5-15(8-13)22(26,27)28)10-29-19(17)32-20(33)31-11-16(6-7-18(31)30-32)36-12-21(23,24)25/h3-11H,2,12H2,1H3. The zero-order chi connectivity index (χ0) is 27.2. The van der Waals surface area contributed by atoms with E-state index in [1.54, 1.807) is 0 Å². The molecule has 0 atom stereocenters. The lowest BCUT2D eigenvalue weighted by atomic mass is 10.0. The minimum Gasteiger partial charge on any atom is -0.483 e. The Morgan fingerprint density at radius 3 is 2.38 bits per heavy atom. The molecule has 3 heterocycles. The van der Waals surface area contributed by atoms with Gasteiger partial charge in [-0.25, -0.2) is 22.6 Å². The van der Waals surface area contributed by atoms with E-state index in [1.807, 2.05) is 0 Å². The maximum atomic E-state index is 13.1. The molecule has 0 bridgehead atoms. The van der Waals surface area contributed by atoms with Gasteiger partial charge in [-0.15, -0.1) is 5.10 Å². The van der Waals surface area contributed by atoms with E-state index in [2.05, 4.69) is 14.8 Å². The average Bonchev–Trinajstić information content (AvgIpc) is 3.17. The van der Waals surface area contributed by atoms with Crippen LogP contribution in [0.2, 0.25) is 0 Å². The Kier molecular flexibility index (Phi) is 6.52. The Hall–Kier alpha value is -3.88. The fourth-order valence-electron chi connectivity index (χ4n) is 3.36. The number of ether oxygens (including phenoxy) is 1. The molecule has 0 aliphatic rings. The highest BCUT2D eigenvalue weighted by molar-refractivity contribution is 7.91. The van der Waals surface area contributed by atoms with Crippen LogP contribution in [-0.2, 0) is 16.0 Å². The predicted molar refractivity (Wildman–Crippen MR) is 118 cm³/mol. The molecule has 37 heavy (non-hydrogen) atoms. The third kappa shape index (κ3) is 5.45. The van der Waals surface area contributed by atoms with Gasteiger partial charge in [-0.2, -0.15) is 31.0 Å². The molecule has 0 amide bonds. The Bertz CT molecular complexity index is 1640. The first kappa shape index (κ1) is 26.2. The van der Waals surface area contributed by atoms with E-state index >= 15 is 0 Å². The molecule has 0 aliphatic carbocycles. The summed E-state index contributed by atoms with van der Waals surface area (Å²) < 4.78 is 109. The van der Waals surface area contributed by atoms with Crippen LogP contribution in [0.15, 0.2) is 64.5 Å². The molecule has 0 saturated carbocycles. The summed E-state index contributed by atoms with van der Waals surface area (Å²) in [6.45, 7) is -0.272. The summed E-state index contributed by atoms with van der Waals surface area (Å²) in [4.78, 5) is 16.5. The van der Waals surface area contributed by atoms with Gasteiger partial charge in [-0.05, 0) is 35.9 Å². The lowest BCUT2D eigenvalue weighted by Crippen LogP contribution is -2.23. The number of fused-ring (bicyclic) bond motifs is 1. The molecule has 4 aromatic rings. The molecule has 0 unspecified atom stereocenters. The average molecular weight is 546 g/mol. The van der Waals surface area contributed by atoms with Gasteiger partial charge in [-0.1, -0.05) is 19.1 Å². The van der Waals surface area contributed by atoms with Crippen molar-refractivity contribution < 1.29 is 39.5 Å². The van der Waals surface area contributed by atoms with Crippen molar-refractivity contribution in [3.8, 4) is 22.7 Å². The number of hydrogen-bond donors (Lipinski definition) is 0. The second kappa shape index (κ2) is 9.21. The highest BCUT2D eigenvalue weighted by atomic mass is 32.2. The van der Waals surface area contributed by atoms with Crippen molar-refractivity contribution in [2.24, 2.45) is 0 Å². The van der Waals surface area contributed by atoms with Crippen LogP contribution in [0.4, 0.5) is 26.3 Å². The van der Waals surface area contributed by atoms with Crippen LogP contribution < -0.4 is 10.4 Å². The van der Waals surface area contributed by atoms with E-state index in [-0.39, 0.29) is 22.5 Å². The van der Waals surface area contributed by atoms with Gasteiger partial charge in [0.1, 0.15) is 10.6 Å². The molecule has 0 fully saturated rings. The molecule has 0 radical (unpaired) electrons. The molecule has 0 spiro atoms. The number of nitrogens with zero attached hydrogens (tertiary/aromatic N) is 4. The number of aromatic nitrogens is 4. The smallest absolute Gasteiger partial charge is 0.422 e. The molecule has 0 N–H and O–H groups in total. The highest BCUT2D eigenvalue weighted by Crippen LogP contribution is 2.33. The fourth-order valence-corrected chi connectivity index (χ4v) is 4.39. The van der Waals surface area contributed by atoms with Crippen LogP contribution in [-0.4, -0.2) is 46.1 Å². The van der Waals surface area contributed by atoms with Crippen molar-refractivity contribution in [3.63, 3.8) is 0 Å². The van der Waals surface area contributed by atoms with Gasteiger partial charge in [0.15, 0.2) is 27.9 Å². The summed E-state index contributed by atoms with van der Waals surface area (Å²) >= 11 is 0. The predicted octanol–water partition coefficient (Wildman–Crippen LogP) is 4.30. The largest absolute Gasteiger partial charge is 0.483 e. The number of sulfone groups is 1. The number of hydrogen-bond acceptors (Lipinski definition) is 6. The minimum atomic E-state index is -4.63. The number of halogens is 6. The van der Waals surface area contributed by atoms with Crippen molar-refractivity contribution in [2.45, 2.75) is 24.2 Å². The van der Waals surface area contributed by atoms with Gasteiger partial charge < -0.3 is 4.74 Å². The van der Waals surface area contributed by atoms with E-state index in [1.165, 1.54) is 19.1 Å². The molecule has 0 saturated heterocycles. The van der Waals surface area contributed by atoms with Gasteiger partial charge in [0.25, 0.3) is 0 Å². The number of alkyl halides is 6. The summed E-state index contributed by atoms with van der Waals surface area (Å²) in [5.74, 6) is -1.14. The number of pyridine rings is 2. The van der Waals surface area contributed by atoms with E-state index in [0.29, 0.717) is 4.68 Å². The molecule has 0 aliphatic heterocycles. The SMILES string of the molecule is CCS(=O)(=O)c1cc(-c2cccc(C(F)(F)F)c2)cnc1-n1nc2ccc(OCC(F)(F)F)cn2c1=O. The van der Waals surface area contributed by atoms with E-state index < -0.39 is 56.5 Å². The first-order chi connectivity index (χ1) is 17.2. The first-order valence-electron chi connectivity index (χ1n) is 10.4. The van der Waals surface area contributed by atoms with Crippen molar-refractivity contribution in [2.75, 3.05) is 12.4 Å². The molecule has 15 heteroatoms.